The highest BCUT2D eigenvalue weighted by Crippen LogP contribution is 2.28. The van der Waals surface area contributed by atoms with Crippen LogP contribution in [0, 0.1) is 6.92 Å². The van der Waals surface area contributed by atoms with Crippen LogP contribution in [0.2, 0.25) is 5.02 Å². The molecule has 0 atom stereocenters. The third-order valence-electron chi connectivity index (χ3n) is 4.12. The molecule has 2 aromatic carbocycles. The zero-order chi connectivity index (χ0) is 19.5. The van der Waals surface area contributed by atoms with Crippen molar-refractivity contribution in [1.82, 2.24) is 20.0 Å². The summed E-state index contributed by atoms with van der Waals surface area (Å²) in [6.07, 6.45) is 1.78. The van der Waals surface area contributed by atoms with Gasteiger partial charge in [0.2, 0.25) is 5.91 Å². The summed E-state index contributed by atoms with van der Waals surface area (Å²) in [5, 5.41) is 18.1. The molecule has 0 bridgehead atoms. The van der Waals surface area contributed by atoms with Crippen molar-refractivity contribution in [3.63, 3.8) is 0 Å². The smallest absolute Gasteiger partial charge is 0.234 e. The minimum Gasteiger partial charge on any atom is -0.325 e. The molecule has 0 aliphatic carbocycles. The van der Waals surface area contributed by atoms with Gasteiger partial charge in [0, 0.05) is 16.1 Å². The van der Waals surface area contributed by atoms with Crippen molar-refractivity contribution < 1.29 is 4.79 Å². The quantitative estimate of drug-likeness (QED) is 0.491. The zero-order valence-corrected chi connectivity index (χ0v) is 16.5. The van der Waals surface area contributed by atoms with Crippen molar-refractivity contribution in [1.29, 1.82) is 0 Å². The normalized spacial score (nSPS) is 10.9. The number of thioether (sulfide) groups is 1. The number of para-hydroxylation sites is 1. The number of nitrogens with one attached hydrogen (secondary N) is 1. The maximum Gasteiger partial charge on any atom is 0.234 e. The molecule has 0 aliphatic rings. The summed E-state index contributed by atoms with van der Waals surface area (Å²) in [5.41, 5.74) is 3.27. The molecule has 0 fully saturated rings. The third-order valence-corrected chi connectivity index (χ3v) is 5.33. The van der Waals surface area contributed by atoms with Crippen molar-refractivity contribution in [2.24, 2.45) is 0 Å². The van der Waals surface area contributed by atoms with Gasteiger partial charge in [-0.25, -0.2) is 4.68 Å². The number of aromatic nitrogens is 4. The number of halogens is 1. The van der Waals surface area contributed by atoms with Gasteiger partial charge in [0.15, 0.2) is 0 Å². The Labute approximate surface area is 170 Å². The largest absolute Gasteiger partial charge is 0.325 e. The van der Waals surface area contributed by atoms with Crippen molar-refractivity contribution in [3.8, 4) is 5.69 Å². The molecule has 4 aromatic rings. The Morgan fingerprint density at radius 2 is 1.86 bits per heavy atom. The van der Waals surface area contributed by atoms with E-state index in [-0.39, 0.29) is 11.7 Å². The highest BCUT2D eigenvalue weighted by Gasteiger charge is 2.16. The summed E-state index contributed by atoms with van der Waals surface area (Å²) in [4.78, 5) is 12.3. The van der Waals surface area contributed by atoms with E-state index < -0.39 is 0 Å². The van der Waals surface area contributed by atoms with E-state index in [2.05, 4.69) is 20.6 Å². The highest BCUT2D eigenvalue weighted by atomic mass is 35.5. The lowest BCUT2D eigenvalue weighted by Crippen LogP contribution is -2.14. The van der Waals surface area contributed by atoms with Gasteiger partial charge in [0.1, 0.15) is 10.5 Å². The molecule has 6 nitrogen and oxygen atoms in total. The predicted molar refractivity (Wildman–Crippen MR) is 112 cm³/mol. The minimum atomic E-state index is -0.131. The average Bonchev–Trinajstić information content (AvgIpc) is 3.16. The van der Waals surface area contributed by atoms with Crippen LogP contribution < -0.4 is 5.32 Å². The number of carbonyl (C=O) groups excluding carboxylic acids is 1. The molecule has 0 radical (unpaired) electrons. The van der Waals surface area contributed by atoms with Crippen molar-refractivity contribution >= 4 is 45.9 Å². The average molecular weight is 410 g/mol. The van der Waals surface area contributed by atoms with Crippen LogP contribution in [0.4, 0.5) is 5.69 Å². The van der Waals surface area contributed by atoms with Crippen LogP contribution in [-0.2, 0) is 4.79 Å². The lowest BCUT2D eigenvalue weighted by atomic mass is 10.3. The second kappa shape index (κ2) is 8.00. The highest BCUT2D eigenvalue weighted by molar-refractivity contribution is 8.00. The summed E-state index contributed by atoms with van der Waals surface area (Å²) in [6.45, 7) is 1.90. The molecule has 1 N–H and O–H groups in total. The molecular formula is C20H16ClN5OS. The number of aryl methyl sites for hydroxylation is 1. The van der Waals surface area contributed by atoms with E-state index in [0.717, 1.165) is 22.3 Å². The van der Waals surface area contributed by atoms with Gasteiger partial charge in [-0.3, -0.25) is 4.79 Å². The fourth-order valence-electron chi connectivity index (χ4n) is 2.77. The summed E-state index contributed by atoms with van der Waals surface area (Å²) in [6, 6.07) is 16.8. The van der Waals surface area contributed by atoms with Gasteiger partial charge < -0.3 is 5.32 Å². The number of hydrogen-bond donors (Lipinski definition) is 1. The van der Waals surface area contributed by atoms with E-state index in [1.807, 2.05) is 41.9 Å². The molecule has 2 aromatic heterocycles. The number of carbonyl (C=O) groups is 1. The first-order chi connectivity index (χ1) is 13.6. The number of hydrogen-bond acceptors (Lipinski definition) is 5. The molecule has 4 rings (SSSR count). The Morgan fingerprint density at radius 3 is 2.61 bits per heavy atom. The van der Waals surface area contributed by atoms with Crippen LogP contribution in [0.1, 0.15) is 5.69 Å². The number of fused-ring (bicyclic) bond motifs is 1. The Kier molecular flexibility index (Phi) is 5.27. The molecule has 0 spiro atoms. The summed E-state index contributed by atoms with van der Waals surface area (Å²) >= 11 is 7.20. The maximum atomic E-state index is 12.3. The maximum absolute atomic E-state index is 12.3. The number of rotatable bonds is 5. The van der Waals surface area contributed by atoms with Crippen LogP contribution in [-0.4, -0.2) is 31.6 Å². The van der Waals surface area contributed by atoms with Crippen LogP contribution in [0.25, 0.3) is 16.6 Å². The monoisotopic (exact) mass is 409 g/mol. The Morgan fingerprint density at radius 1 is 1.11 bits per heavy atom. The lowest BCUT2D eigenvalue weighted by Gasteiger charge is -2.08. The van der Waals surface area contributed by atoms with Crippen LogP contribution >= 0.6 is 23.4 Å². The first-order valence-electron chi connectivity index (χ1n) is 8.56. The van der Waals surface area contributed by atoms with Gasteiger partial charge in [0.05, 0.1) is 23.3 Å². The van der Waals surface area contributed by atoms with Gasteiger partial charge in [-0.05, 0) is 43.3 Å². The molecular weight excluding hydrogens is 394 g/mol. The van der Waals surface area contributed by atoms with E-state index in [1.54, 1.807) is 30.5 Å². The second-order valence-corrected chi connectivity index (χ2v) is 7.49. The first kappa shape index (κ1) is 18.5. The summed E-state index contributed by atoms with van der Waals surface area (Å²) in [5.74, 6) is 0.0729. The van der Waals surface area contributed by atoms with Crippen molar-refractivity contribution in [2.45, 2.75) is 11.9 Å². The molecule has 1 amide bonds. The molecule has 0 saturated carbocycles. The van der Waals surface area contributed by atoms with E-state index in [4.69, 9.17) is 11.6 Å². The number of amides is 1. The fourth-order valence-corrected chi connectivity index (χ4v) is 3.66. The van der Waals surface area contributed by atoms with Gasteiger partial charge in [0.25, 0.3) is 0 Å². The standard InChI is InChI=1S/C20H16ClN5OS/c1-13-17-11-22-26(16-5-3-2-4-6-16)19(17)20(25-24-13)28-12-18(27)23-15-9-7-14(21)8-10-15/h2-11H,12H2,1H3,(H,23,27). The zero-order valence-electron chi connectivity index (χ0n) is 15.0. The second-order valence-electron chi connectivity index (χ2n) is 6.09. The molecule has 140 valence electrons. The Bertz CT molecular complexity index is 1130. The third kappa shape index (κ3) is 3.85. The number of benzene rings is 2. The SMILES string of the molecule is Cc1nnc(SCC(=O)Nc2ccc(Cl)cc2)c2c1cnn2-c1ccccc1. The molecule has 8 heteroatoms. The van der Waals surface area contributed by atoms with Crippen molar-refractivity contribution in [3.05, 3.63) is 71.5 Å². The van der Waals surface area contributed by atoms with Crippen LogP contribution in [0.15, 0.2) is 65.8 Å². The lowest BCUT2D eigenvalue weighted by molar-refractivity contribution is -0.113. The minimum absolute atomic E-state index is 0.131. The Balaban J connectivity index is 1.58. The fraction of sp³-hybridized carbons (Fsp3) is 0.100. The summed E-state index contributed by atoms with van der Waals surface area (Å²) < 4.78 is 1.83. The van der Waals surface area contributed by atoms with Crippen LogP contribution in [0.3, 0.4) is 0 Å². The predicted octanol–water partition coefficient (Wildman–Crippen LogP) is 4.51. The molecule has 28 heavy (non-hydrogen) atoms. The van der Waals surface area contributed by atoms with Gasteiger partial charge in [-0.1, -0.05) is 41.6 Å². The molecule has 0 unspecified atom stereocenters. The number of nitrogens with zero attached hydrogens (tertiary/aromatic N) is 4. The Hall–Kier alpha value is -2.90. The first-order valence-corrected chi connectivity index (χ1v) is 9.93. The van der Waals surface area contributed by atoms with E-state index in [1.165, 1.54) is 11.8 Å². The topological polar surface area (TPSA) is 72.7 Å². The molecule has 2 heterocycles. The van der Waals surface area contributed by atoms with Gasteiger partial charge in [-0.15, -0.1) is 5.10 Å². The number of anilines is 1. The van der Waals surface area contributed by atoms with E-state index >= 15 is 0 Å². The molecule has 0 aliphatic heterocycles. The van der Waals surface area contributed by atoms with E-state index in [9.17, 15) is 4.79 Å². The van der Waals surface area contributed by atoms with Gasteiger partial charge >= 0.3 is 0 Å². The van der Waals surface area contributed by atoms with E-state index in [0.29, 0.717) is 15.7 Å². The van der Waals surface area contributed by atoms with Crippen LogP contribution in [0.5, 0.6) is 0 Å². The van der Waals surface area contributed by atoms with Crippen molar-refractivity contribution in [2.75, 3.05) is 11.1 Å². The van der Waals surface area contributed by atoms with Gasteiger partial charge in [-0.2, -0.15) is 10.2 Å². The summed E-state index contributed by atoms with van der Waals surface area (Å²) in [7, 11) is 0. The molecule has 0 saturated heterocycles.